The lowest BCUT2D eigenvalue weighted by Gasteiger charge is -2.01. The number of imidazole rings is 1. The van der Waals surface area contributed by atoms with Gasteiger partial charge in [-0.25, -0.2) is 15.0 Å². The van der Waals surface area contributed by atoms with Crippen LogP contribution < -0.4 is 5.73 Å². The number of rotatable bonds is 3. The molecule has 3 aromatic heterocycles. The van der Waals surface area contributed by atoms with Gasteiger partial charge in [0.05, 0.1) is 5.69 Å². The highest BCUT2D eigenvalue weighted by Gasteiger charge is 2.13. The van der Waals surface area contributed by atoms with Gasteiger partial charge < -0.3 is 10.1 Å². The Labute approximate surface area is 114 Å². The molecule has 0 saturated carbocycles. The molecule has 0 bridgehead atoms. The van der Waals surface area contributed by atoms with E-state index < -0.39 is 0 Å². The van der Waals surface area contributed by atoms with E-state index in [1.165, 1.54) is 11.8 Å². The fraction of sp³-hybridized carbons (Fsp3) is 0.154. The summed E-state index contributed by atoms with van der Waals surface area (Å²) in [5.41, 5.74) is 8.63. The molecule has 3 aromatic rings. The summed E-state index contributed by atoms with van der Waals surface area (Å²) in [6, 6.07) is 7.75. The predicted octanol–water partition coefficient (Wildman–Crippen LogP) is 2.04. The lowest BCUT2D eigenvalue weighted by atomic mass is 10.4. The van der Waals surface area contributed by atoms with Crippen LogP contribution in [0.25, 0.3) is 5.65 Å². The van der Waals surface area contributed by atoms with E-state index in [0.717, 1.165) is 22.1 Å². The van der Waals surface area contributed by atoms with Gasteiger partial charge in [-0.05, 0) is 36.9 Å². The van der Waals surface area contributed by atoms with Crippen LogP contribution in [0.5, 0.6) is 0 Å². The van der Waals surface area contributed by atoms with E-state index in [4.69, 9.17) is 5.73 Å². The van der Waals surface area contributed by atoms with Crippen LogP contribution in [0.2, 0.25) is 0 Å². The molecule has 0 atom stereocenters. The maximum atomic E-state index is 5.83. The van der Waals surface area contributed by atoms with Gasteiger partial charge in [0.1, 0.15) is 10.7 Å². The first kappa shape index (κ1) is 12.1. The van der Waals surface area contributed by atoms with E-state index in [1.54, 1.807) is 6.20 Å². The van der Waals surface area contributed by atoms with Crippen molar-refractivity contribution in [3.8, 4) is 0 Å². The zero-order valence-electron chi connectivity index (χ0n) is 10.4. The van der Waals surface area contributed by atoms with Crippen molar-refractivity contribution in [1.29, 1.82) is 0 Å². The number of hydrogen-bond donors (Lipinski definition) is 1. The normalized spacial score (nSPS) is 11.1. The van der Waals surface area contributed by atoms with Crippen LogP contribution in [0.4, 0.5) is 0 Å². The lowest BCUT2D eigenvalue weighted by Crippen LogP contribution is -2.02. The smallest absolute Gasteiger partial charge is 0.194 e. The van der Waals surface area contributed by atoms with Crippen molar-refractivity contribution in [2.75, 3.05) is 0 Å². The molecule has 5 nitrogen and oxygen atoms in total. The third-order valence-corrected chi connectivity index (χ3v) is 3.65. The average Bonchev–Trinajstić information content (AvgIpc) is 2.75. The third kappa shape index (κ3) is 2.32. The van der Waals surface area contributed by atoms with Crippen molar-refractivity contribution in [2.24, 2.45) is 5.73 Å². The summed E-state index contributed by atoms with van der Waals surface area (Å²) in [5, 5.41) is 1.55. The highest BCUT2D eigenvalue weighted by atomic mass is 32.2. The minimum Gasteiger partial charge on any atom is -0.325 e. The summed E-state index contributed by atoms with van der Waals surface area (Å²) in [4.78, 5) is 13.2. The topological polar surface area (TPSA) is 69.1 Å². The van der Waals surface area contributed by atoms with Crippen molar-refractivity contribution in [3.63, 3.8) is 0 Å². The molecule has 2 N–H and O–H groups in total. The van der Waals surface area contributed by atoms with Gasteiger partial charge in [-0.3, -0.25) is 0 Å². The first-order valence-electron chi connectivity index (χ1n) is 5.91. The van der Waals surface area contributed by atoms with Crippen LogP contribution in [0, 0.1) is 6.92 Å². The monoisotopic (exact) mass is 271 g/mol. The summed E-state index contributed by atoms with van der Waals surface area (Å²) in [6.07, 6.45) is 3.72. The van der Waals surface area contributed by atoms with E-state index in [9.17, 15) is 0 Å². The standard InChI is InChI=1S/C13H13N5S/c1-9-5-6-15-13(16-9)19-12-10(8-14)18-7-3-2-4-11(18)17-12/h2-7H,8,14H2,1H3. The van der Waals surface area contributed by atoms with Gasteiger partial charge in [0.25, 0.3) is 0 Å². The van der Waals surface area contributed by atoms with Crippen LogP contribution >= 0.6 is 11.8 Å². The number of hydrogen-bond acceptors (Lipinski definition) is 5. The van der Waals surface area contributed by atoms with Crippen molar-refractivity contribution in [2.45, 2.75) is 23.7 Å². The molecule has 19 heavy (non-hydrogen) atoms. The largest absolute Gasteiger partial charge is 0.325 e. The molecule has 0 amide bonds. The van der Waals surface area contributed by atoms with Crippen molar-refractivity contribution >= 4 is 17.4 Å². The Hall–Kier alpha value is -1.92. The first-order chi connectivity index (χ1) is 9.28. The van der Waals surface area contributed by atoms with Gasteiger partial charge >= 0.3 is 0 Å². The fourth-order valence-corrected chi connectivity index (χ4v) is 2.77. The quantitative estimate of drug-likeness (QED) is 0.738. The molecule has 0 spiro atoms. The number of aryl methyl sites for hydroxylation is 1. The second-order valence-corrected chi connectivity index (χ2v) is 5.04. The van der Waals surface area contributed by atoms with Crippen molar-refractivity contribution < 1.29 is 0 Å². The number of aromatic nitrogens is 4. The van der Waals surface area contributed by atoms with E-state index in [0.29, 0.717) is 11.7 Å². The highest BCUT2D eigenvalue weighted by Crippen LogP contribution is 2.27. The van der Waals surface area contributed by atoms with Crippen LogP contribution in [-0.4, -0.2) is 19.4 Å². The van der Waals surface area contributed by atoms with Gasteiger partial charge in [0, 0.05) is 24.6 Å². The number of pyridine rings is 1. The molecule has 3 heterocycles. The number of fused-ring (bicyclic) bond motifs is 1. The molecule has 0 aliphatic carbocycles. The van der Waals surface area contributed by atoms with Crippen LogP contribution in [0.15, 0.2) is 46.8 Å². The van der Waals surface area contributed by atoms with E-state index in [1.807, 2.05) is 41.8 Å². The molecule has 0 aliphatic heterocycles. The van der Waals surface area contributed by atoms with E-state index >= 15 is 0 Å². The molecule has 3 rings (SSSR count). The van der Waals surface area contributed by atoms with E-state index in [-0.39, 0.29) is 0 Å². The highest BCUT2D eigenvalue weighted by molar-refractivity contribution is 7.99. The van der Waals surface area contributed by atoms with Gasteiger partial charge in [-0.15, -0.1) is 0 Å². The van der Waals surface area contributed by atoms with Gasteiger partial charge in [-0.2, -0.15) is 0 Å². The summed E-state index contributed by atoms with van der Waals surface area (Å²) in [6.45, 7) is 2.37. The van der Waals surface area contributed by atoms with Gasteiger partial charge in [0.15, 0.2) is 5.16 Å². The summed E-state index contributed by atoms with van der Waals surface area (Å²) >= 11 is 1.44. The third-order valence-electron chi connectivity index (χ3n) is 2.75. The summed E-state index contributed by atoms with van der Waals surface area (Å²) in [7, 11) is 0. The maximum absolute atomic E-state index is 5.83. The Bertz CT molecular complexity index is 722. The van der Waals surface area contributed by atoms with Crippen LogP contribution in [-0.2, 0) is 6.54 Å². The molecule has 96 valence electrons. The molecule has 0 aliphatic rings. The summed E-state index contributed by atoms with van der Waals surface area (Å²) < 4.78 is 2.00. The summed E-state index contributed by atoms with van der Waals surface area (Å²) in [5.74, 6) is 0. The van der Waals surface area contributed by atoms with Gasteiger partial charge in [-0.1, -0.05) is 6.07 Å². The van der Waals surface area contributed by atoms with Gasteiger partial charge in [0.2, 0.25) is 0 Å². The van der Waals surface area contributed by atoms with Crippen LogP contribution in [0.1, 0.15) is 11.4 Å². The average molecular weight is 271 g/mol. The Morgan fingerprint density at radius 1 is 1.26 bits per heavy atom. The molecule has 0 saturated heterocycles. The zero-order valence-corrected chi connectivity index (χ0v) is 11.3. The number of nitrogens with two attached hydrogens (primary N) is 1. The molecule has 0 unspecified atom stereocenters. The second kappa shape index (κ2) is 4.99. The van der Waals surface area contributed by atoms with E-state index in [2.05, 4.69) is 15.0 Å². The minimum absolute atomic E-state index is 0.430. The molecule has 0 fully saturated rings. The lowest BCUT2D eigenvalue weighted by molar-refractivity contribution is 0.904. The zero-order chi connectivity index (χ0) is 13.2. The second-order valence-electron chi connectivity index (χ2n) is 4.08. The minimum atomic E-state index is 0.430. The molecule has 6 heteroatoms. The Balaban J connectivity index is 2.05. The molecule has 0 radical (unpaired) electrons. The van der Waals surface area contributed by atoms with Crippen molar-refractivity contribution in [3.05, 3.63) is 48.0 Å². The number of nitrogens with zero attached hydrogens (tertiary/aromatic N) is 4. The Kier molecular flexibility index (Phi) is 3.18. The van der Waals surface area contributed by atoms with Crippen molar-refractivity contribution in [1.82, 2.24) is 19.4 Å². The molecular formula is C13H13N5S. The Morgan fingerprint density at radius 2 is 2.16 bits per heavy atom. The maximum Gasteiger partial charge on any atom is 0.194 e. The molecule has 0 aromatic carbocycles. The SMILES string of the molecule is Cc1ccnc(Sc2nc3ccccn3c2CN)n1. The Morgan fingerprint density at radius 3 is 2.95 bits per heavy atom. The molecular weight excluding hydrogens is 258 g/mol. The predicted molar refractivity (Wildman–Crippen MR) is 74.0 cm³/mol. The fourth-order valence-electron chi connectivity index (χ4n) is 1.85. The first-order valence-corrected chi connectivity index (χ1v) is 6.73. The van der Waals surface area contributed by atoms with Crippen LogP contribution in [0.3, 0.4) is 0 Å².